The van der Waals surface area contributed by atoms with Crippen molar-refractivity contribution in [3.8, 4) is 0 Å². The zero-order chi connectivity index (χ0) is 12.6. The summed E-state index contributed by atoms with van der Waals surface area (Å²) in [5.74, 6) is 1.60. The van der Waals surface area contributed by atoms with Gasteiger partial charge in [-0.3, -0.25) is 0 Å². The molecule has 0 spiro atoms. The maximum atomic E-state index is 5.39. The highest BCUT2D eigenvalue weighted by molar-refractivity contribution is 5.46. The smallest absolute Gasteiger partial charge is 0.131 e. The molecule has 1 saturated heterocycles. The number of anilines is 2. The van der Waals surface area contributed by atoms with Crippen LogP contribution in [0.4, 0.5) is 11.6 Å². The first-order chi connectivity index (χ1) is 8.88. The second-order valence-electron chi connectivity index (χ2n) is 4.06. The van der Waals surface area contributed by atoms with Crippen molar-refractivity contribution in [3.63, 3.8) is 0 Å². The first-order valence-corrected chi connectivity index (χ1v) is 6.10. The molecule has 0 bridgehead atoms. The molecule has 0 aliphatic carbocycles. The molecule has 1 atom stereocenters. The van der Waals surface area contributed by atoms with E-state index >= 15 is 0 Å². The van der Waals surface area contributed by atoms with Gasteiger partial charge < -0.3 is 20.7 Å². The lowest BCUT2D eigenvalue weighted by atomic mass is 10.3. The van der Waals surface area contributed by atoms with Gasteiger partial charge >= 0.3 is 0 Å². The van der Waals surface area contributed by atoms with Crippen LogP contribution in [0.5, 0.6) is 0 Å². The number of aromatic nitrogens is 2. The highest BCUT2D eigenvalue weighted by Crippen LogP contribution is 2.08. The molecule has 0 saturated carbocycles. The molecular weight excluding hydrogens is 230 g/mol. The molecule has 2 rings (SSSR count). The second-order valence-corrected chi connectivity index (χ2v) is 4.06. The van der Waals surface area contributed by atoms with E-state index in [9.17, 15) is 0 Å². The van der Waals surface area contributed by atoms with Crippen LogP contribution in [0.25, 0.3) is 0 Å². The van der Waals surface area contributed by atoms with Crippen LogP contribution in [-0.2, 0) is 4.74 Å². The fraction of sp³-hybridized carbons (Fsp3) is 0.500. The number of nitrogens with one attached hydrogen (secondary N) is 3. The predicted molar refractivity (Wildman–Crippen MR) is 71.8 cm³/mol. The lowest BCUT2D eigenvalue weighted by Crippen LogP contribution is -2.45. The molecule has 1 fully saturated rings. The molecule has 1 aliphatic rings. The maximum Gasteiger partial charge on any atom is 0.131 e. The van der Waals surface area contributed by atoms with E-state index < -0.39 is 0 Å². The van der Waals surface area contributed by atoms with Crippen LogP contribution in [-0.4, -0.2) is 48.9 Å². The summed E-state index contributed by atoms with van der Waals surface area (Å²) in [4.78, 5) is 8.30. The molecule has 98 valence electrons. The van der Waals surface area contributed by atoms with Gasteiger partial charge in [-0.05, 0) is 0 Å². The third kappa shape index (κ3) is 3.97. The highest BCUT2D eigenvalue weighted by atomic mass is 16.5. The van der Waals surface area contributed by atoms with Crippen molar-refractivity contribution in [1.29, 1.82) is 0 Å². The molecule has 1 aromatic rings. The maximum absolute atomic E-state index is 5.39. The van der Waals surface area contributed by atoms with Gasteiger partial charge in [0.25, 0.3) is 0 Å². The molecular formula is C12H19N5O. The van der Waals surface area contributed by atoms with Crippen LogP contribution in [0.15, 0.2) is 25.0 Å². The van der Waals surface area contributed by atoms with Gasteiger partial charge in [-0.15, -0.1) is 6.58 Å². The van der Waals surface area contributed by atoms with Crippen molar-refractivity contribution >= 4 is 11.6 Å². The van der Waals surface area contributed by atoms with Crippen LogP contribution in [0.1, 0.15) is 0 Å². The first kappa shape index (κ1) is 12.8. The minimum Gasteiger partial charge on any atom is -0.378 e. The quantitative estimate of drug-likeness (QED) is 0.637. The van der Waals surface area contributed by atoms with Gasteiger partial charge in [0.2, 0.25) is 0 Å². The molecule has 3 N–H and O–H groups in total. The normalized spacial score (nSPS) is 19.2. The van der Waals surface area contributed by atoms with Crippen LogP contribution in [0, 0.1) is 0 Å². The summed E-state index contributed by atoms with van der Waals surface area (Å²) in [6.07, 6.45) is 3.33. The number of nitrogens with zero attached hydrogens (tertiary/aromatic N) is 2. The van der Waals surface area contributed by atoms with Gasteiger partial charge in [0.1, 0.15) is 18.0 Å². The van der Waals surface area contributed by atoms with Gasteiger partial charge in [0, 0.05) is 31.7 Å². The predicted octanol–water partition coefficient (Wildman–Crippen LogP) is 0.475. The third-order valence-electron chi connectivity index (χ3n) is 2.62. The summed E-state index contributed by atoms with van der Waals surface area (Å²) in [6, 6.07) is 2.21. The van der Waals surface area contributed by atoms with Gasteiger partial charge in [-0.1, -0.05) is 6.08 Å². The molecule has 0 amide bonds. The van der Waals surface area contributed by atoms with E-state index in [0.29, 0.717) is 12.6 Å². The summed E-state index contributed by atoms with van der Waals surface area (Å²) in [7, 11) is 0. The Morgan fingerprint density at radius 1 is 1.44 bits per heavy atom. The summed E-state index contributed by atoms with van der Waals surface area (Å²) in [6.45, 7) is 7.56. The van der Waals surface area contributed by atoms with E-state index in [4.69, 9.17) is 4.74 Å². The lowest BCUT2D eigenvalue weighted by Gasteiger charge is -2.24. The molecule has 6 heteroatoms. The van der Waals surface area contributed by atoms with E-state index in [2.05, 4.69) is 32.5 Å². The Morgan fingerprint density at radius 3 is 3.00 bits per heavy atom. The molecule has 2 heterocycles. The number of ether oxygens (including phenoxy) is 1. The lowest BCUT2D eigenvalue weighted by molar-refractivity contribution is 0.0806. The van der Waals surface area contributed by atoms with E-state index in [-0.39, 0.29) is 0 Å². The summed E-state index contributed by atoms with van der Waals surface area (Å²) < 4.78 is 5.39. The van der Waals surface area contributed by atoms with Crippen molar-refractivity contribution in [2.24, 2.45) is 0 Å². The molecule has 1 aliphatic heterocycles. The molecule has 1 unspecified atom stereocenters. The Morgan fingerprint density at radius 2 is 2.28 bits per heavy atom. The van der Waals surface area contributed by atoms with E-state index in [1.54, 1.807) is 12.4 Å². The number of morpholine rings is 1. The number of hydrogen-bond acceptors (Lipinski definition) is 6. The Kier molecular flexibility index (Phi) is 4.92. The van der Waals surface area contributed by atoms with Gasteiger partial charge in [-0.2, -0.15) is 0 Å². The van der Waals surface area contributed by atoms with Crippen LogP contribution in [0.3, 0.4) is 0 Å². The Labute approximate surface area is 107 Å². The average Bonchev–Trinajstić information content (AvgIpc) is 2.44. The Balaban J connectivity index is 1.82. The average molecular weight is 249 g/mol. The molecule has 0 aromatic carbocycles. The molecule has 6 nitrogen and oxygen atoms in total. The van der Waals surface area contributed by atoms with E-state index in [0.717, 1.165) is 37.9 Å². The summed E-state index contributed by atoms with van der Waals surface area (Å²) in [5.41, 5.74) is 0. The molecule has 0 radical (unpaired) electrons. The zero-order valence-corrected chi connectivity index (χ0v) is 10.4. The Bertz CT molecular complexity index is 378. The number of hydrogen-bond donors (Lipinski definition) is 3. The fourth-order valence-electron chi connectivity index (χ4n) is 1.71. The molecule has 18 heavy (non-hydrogen) atoms. The summed E-state index contributed by atoms with van der Waals surface area (Å²) in [5, 5.41) is 9.77. The monoisotopic (exact) mass is 249 g/mol. The van der Waals surface area contributed by atoms with Crippen LogP contribution >= 0.6 is 0 Å². The number of rotatable bonds is 6. The van der Waals surface area contributed by atoms with E-state index in [1.807, 2.05) is 6.07 Å². The van der Waals surface area contributed by atoms with Crippen molar-refractivity contribution in [2.75, 3.05) is 43.5 Å². The Hall–Kier alpha value is -1.66. The SMILES string of the molecule is C=CCNc1cc(NCC2COCCN2)ncn1. The summed E-state index contributed by atoms with van der Waals surface area (Å²) >= 11 is 0. The standard InChI is InChI=1S/C12H19N5O/c1-2-3-14-11-6-12(17-9-16-11)15-7-10-8-18-5-4-13-10/h2,6,9-10,13H,1,3-5,7-8H2,(H2,14,15,16,17). The van der Waals surface area contributed by atoms with Crippen molar-refractivity contribution in [3.05, 3.63) is 25.0 Å². The largest absolute Gasteiger partial charge is 0.378 e. The molecule has 1 aromatic heterocycles. The second kappa shape index (κ2) is 6.93. The van der Waals surface area contributed by atoms with E-state index in [1.165, 1.54) is 0 Å². The van der Waals surface area contributed by atoms with Crippen molar-refractivity contribution < 1.29 is 4.74 Å². The van der Waals surface area contributed by atoms with Crippen LogP contribution in [0.2, 0.25) is 0 Å². The minimum atomic E-state index is 0.332. The zero-order valence-electron chi connectivity index (χ0n) is 10.4. The fourth-order valence-corrected chi connectivity index (χ4v) is 1.71. The topological polar surface area (TPSA) is 71.1 Å². The van der Waals surface area contributed by atoms with Crippen molar-refractivity contribution in [2.45, 2.75) is 6.04 Å². The van der Waals surface area contributed by atoms with Crippen molar-refractivity contribution in [1.82, 2.24) is 15.3 Å². The highest BCUT2D eigenvalue weighted by Gasteiger charge is 2.12. The van der Waals surface area contributed by atoms with Gasteiger partial charge in [0.05, 0.1) is 13.2 Å². The van der Waals surface area contributed by atoms with Gasteiger partial charge in [-0.25, -0.2) is 9.97 Å². The van der Waals surface area contributed by atoms with Gasteiger partial charge in [0.15, 0.2) is 0 Å². The van der Waals surface area contributed by atoms with Crippen LogP contribution < -0.4 is 16.0 Å². The first-order valence-electron chi connectivity index (χ1n) is 6.10. The third-order valence-corrected chi connectivity index (χ3v) is 2.62. The minimum absolute atomic E-state index is 0.332.